The number of oxazole rings is 1. The van der Waals surface area contributed by atoms with Crippen LogP contribution in [0.15, 0.2) is 51.2 Å². The predicted molar refractivity (Wildman–Crippen MR) is 94.0 cm³/mol. The molecule has 0 radical (unpaired) electrons. The molecule has 0 spiro atoms. The number of anilines is 1. The summed E-state index contributed by atoms with van der Waals surface area (Å²) in [6, 6.07) is 6.84. The second-order valence-corrected chi connectivity index (χ2v) is 9.13. The second kappa shape index (κ2) is 6.38. The summed E-state index contributed by atoms with van der Waals surface area (Å²) in [4.78, 5) is 4.82. The molecule has 1 N–H and O–H groups in total. The highest BCUT2D eigenvalue weighted by Crippen LogP contribution is 2.41. The molecule has 0 bridgehead atoms. The van der Waals surface area contributed by atoms with Gasteiger partial charge < -0.3 is 4.42 Å². The van der Waals surface area contributed by atoms with Crippen LogP contribution in [0.1, 0.15) is 30.2 Å². The van der Waals surface area contributed by atoms with Gasteiger partial charge in [0, 0.05) is 11.6 Å². The molecule has 0 unspecified atom stereocenters. The van der Waals surface area contributed by atoms with Crippen LogP contribution in [0.5, 0.6) is 0 Å². The van der Waals surface area contributed by atoms with E-state index in [0.717, 1.165) is 48.4 Å². The van der Waals surface area contributed by atoms with Gasteiger partial charge in [-0.15, -0.1) is 11.3 Å². The first-order valence-corrected chi connectivity index (χ1v) is 10.3. The summed E-state index contributed by atoms with van der Waals surface area (Å²) in [5.74, 6) is 1.51. The summed E-state index contributed by atoms with van der Waals surface area (Å²) >= 11 is 1.00. The number of nitrogens with zero attached hydrogens (tertiary/aromatic N) is 1. The zero-order valence-electron chi connectivity index (χ0n) is 13.7. The Balaban J connectivity index is 1.52. The minimum atomic E-state index is -4.48. The fourth-order valence-corrected chi connectivity index (χ4v) is 4.76. The SMILES string of the molecule is O=S(=O)(Nc1ccc(C(F)(F)F)cc1)c1ccc(-c2cnc(C3CC3)o2)s1. The Kier molecular flexibility index (Phi) is 4.26. The number of benzene rings is 1. The molecule has 1 aromatic carbocycles. The van der Waals surface area contributed by atoms with E-state index in [1.54, 1.807) is 12.3 Å². The summed E-state index contributed by atoms with van der Waals surface area (Å²) in [6.45, 7) is 0. The number of rotatable bonds is 5. The first-order chi connectivity index (χ1) is 12.7. The highest BCUT2D eigenvalue weighted by atomic mass is 32.2. The molecule has 2 aromatic heterocycles. The molecule has 3 aromatic rings. The van der Waals surface area contributed by atoms with Gasteiger partial charge in [0.2, 0.25) is 0 Å². The van der Waals surface area contributed by atoms with Crippen molar-refractivity contribution in [1.29, 1.82) is 0 Å². The van der Waals surface area contributed by atoms with Gasteiger partial charge in [-0.05, 0) is 49.2 Å². The van der Waals surface area contributed by atoms with Crippen molar-refractivity contribution in [2.75, 3.05) is 4.72 Å². The Bertz CT molecular complexity index is 1070. The first-order valence-electron chi connectivity index (χ1n) is 7.98. The van der Waals surface area contributed by atoms with E-state index in [9.17, 15) is 21.6 Å². The maximum absolute atomic E-state index is 12.6. The Labute approximate surface area is 156 Å². The molecule has 1 aliphatic carbocycles. The molecule has 10 heteroatoms. The Morgan fingerprint density at radius 3 is 2.44 bits per heavy atom. The van der Waals surface area contributed by atoms with Crippen molar-refractivity contribution in [2.45, 2.75) is 29.1 Å². The second-order valence-electron chi connectivity index (χ2n) is 6.14. The zero-order chi connectivity index (χ0) is 19.2. The van der Waals surface area contributed by atoms with Gasteiger partial charge in [0.1, 0.15) is 4.21 Å². The lowest BCUT2D eigenvalue weighted by molar-refractivity contribution is -0.137. The number of aromatic nitrogens is 1. The summed E-state index contributed by atoms with van der Waals surface area (Å²) in [5.41, 5.74) is -0.797. The maximum atomic E-state index is 12.6. The molecule has 4 rings (SSSR count). The minimum absolute atomic E-state index is 0.0294. The van der Waals surface area contributed by atoms with Crippen molar-refractivity contribution in [1.82, 2.24) is 4.98 Å². The van der Waals surface area contributed by atoms with Crippen molar-refractivity contribution in [3.63, 3.8) is 0 Å². The van der Waals surface area contributed by atoms with Crippen molar-refractivity contribution >= 4 is 27.0 Å². The minimum Gasteiger partial charge on any atom is -0.440 e. The standard InChI is InChI=1S/C17H13F3N2O3S2/c18-17(19,20)11-3-5-12(6-4-11)22-27(23,24)15-8-7-14(26-15)13-9-21-16(25-13)10-1-2-10/h3-10,22H,1-2H2. The van der Waals surface area contributed by atoms with E-state index in [2.05, 4.69) is 9.71 Å². The van der Waals surface area contributed by atoms with Gasteiger partial charge in [0.25, 0.3) is 10.0 Å². The third-order valence-corrected chi connectivity index (χ3v) is 6.98. The number of hydrogen-bond acceptors (Lipinski definition) is 5. The van der Waals surface area contributed by atoms with Gasteiger partial charge in [-0.3, -0.25) is 4.72 Å². The van der Waals surface area contributed by atoms with Gasteiger partial charge >= 0.3 is 6.18 Å². The van der Waals surface area contributed by atoms with Crippen LogP contribution in [-0.4, -0.2) is 13.4 Å². The van der Waals surface area contributed by atoms with Crippen molar-refractivity contribution in [3.05, 3.63) is 54.0 Å². The number of nitrogens with one attached hydrogen (secondary N) is 1. The molecular weight excluding hydrogens is 401 g/mol. The van der Waals surface area contributed by atoms with Crippen LogP contribution in [0, 0.1) is 0 Å². The average molecular weight is 414 g/mol. The number of thiophene rings is 1. The lowest BCUT2D eigenvalue weighted by atomic mass is 10.2. The molecule has 5 nitrogen and oxygen atoms in total. The van der Waals surface area contributed by atoms with Crippen LogP contribution in [0.25, 0.3) is 10.6 Å². The third kappa shape index (κ3) is 3.86. The smallest absolute Gasteiger partial charge is 0.416 e. The number of halogens is 3. The Hall–Kier alpha value is -2.33. The predicted octanol–water partition coefficient (Wildman–Crippen LogP) is 5.10. The van der Waals surface area contributed by atoms with E-state index in [0.29, 0.717) is 22.4 Å². The fraction of sp³-hybridized carbons (Fsp3) is 0.235. The van der Waals surface area contributed by atoms with Gasteiger partial charge in [-0.1, -0.05) is 0 Å². The molecule has 0 aliphatic heterocycles. The third-order valence-electron chi connectivity index (χ3n) is 4.00. The number of hydrogen-bond donors (Lipinski definition) is 1. The van der Waals surface area contributed by atoms with Gasteiger partial charge in [0.05, 0.1) is 16.6 Å². The Morgan fingerprint density at radius 1 is 1.11 bits per heavy atom. The average Bonchev–Trinajstić information content (AvgIpc) is 3.12. The van der Waals surface area contributed by atoms with Crippen LogP contribution < -0.4 is 4.72 Å². The van der Waals surface area contributed by atoms with Crippen molar-refractivity contribution in [3.8, 4) is 10.6 Å². The Morgan fingerprint density at radius 2 is 1.81 bits per heavy atom. The lowest BCUT2D eigenvalue weighted by Crippen LogP contribution is -2.12. The molecule has 142 valence electrons. The quantitative estimate of drug-likeness (QED) is 0.630. The molecule has 1 saturated carbocycles. The van der Waals surface area contributed by atoms with Crippen LogP contribution in [0.4, 0.5) is 18.9 Å². The maximum Gasteiger partial charge on any atom is 0.416 e. The van der Waals surface area contributed by atoms with Crippen LogP contribution in [-0.2, 0) is 16.2 Å². The van der Waals surface area contributed by atoms with E-state index in [4.69, 9.17) is 4.42 Å². The summed E-state index contributed by atoms with van der Waals surface area (Å²) in [7, 11) is -3.92. The normalized spacial score (nSPS) is 15.1. The van der Waals surface area contributed by atoms with Gasteiger partial charge in [0.15, 0.2) is 11.7 Å². The topological polar surface area (TPSA) is 72.2 Å². The van der Waals surface area contributed by atoms with E-state index >= 15 is 0 Å². The lowest BCUT2D eigenvalue weighted by Gasteiger charge is -2.09. The molecule has 1 fully saturated rings. The number of sulfonamides is 1. The summed E-state index contributed by atoms with van der Waals surface area (Å²) in [6.07, 6.45) is -0.822. The molecular formula is C17H13F3N2O3S2. The number of alkyl halides is 3. The van der Waals surface area contributed by atoms with Gasteiger partial charge in [-0.25, -0.2) is 13.4 Å². The van der Waals surface area contributed by atoms with Crippen LogP contribution >= 0.6 is 11.3 Å². The monoisotopic (exact) mass is 414 g/mol. The highest BCUT2D eigenvalue weighted by Gasteiger charge is 2.30. The van der Waals surface area contributed by atoms with Crippen LogP contribution in [0.2, 0.25) is 0 Å². The fourth-order valence-electron chi connectivity index (χ4n) is 2.45. The van der Waals surface area contributed by atoms with E-state index in [1.165, 1.54) is 6.07 Å². The zero-order valence-corrected chi connectivity index (χ0v) is 15.3. The van der Waals surface area contributed by atoms with Crippen LogP contribution in [0.3, 0.4) is 0 Å². The van der Waals surface area contributed by atoms with E-state index in [-0.39, 0.29) is 9.90 Å². The summed E-state index contributed by atoms with van der Waals surface area (Å²) in [5, 5.41) is 0. The van der Waals surface area contributed by atoms with Crippen molar-refractivity contribution in [2.24, 2.45) is 0 Å². The van der Waals surface area contributed by atoms with E-state index < -0.39 is 21.8 Å². The molecule has 0 amide bonds. The van der Waals surface area contributed by atoms with Crippen molar-refractivity contribution < 1.29 is 26.0 Å². The molecule has 27 heavy (non-hydrogen) atoms. The van der Waals surface area contributed by atoms with Gasteiger partial charge in [-0.2, -0.15) is 13.2 Å². The highest BCUT2D eigenvalue weighted by molar-refractivity contribution is 7.94. The molecule has 1 aliphatic rings. The van der Waals surface area contributed by atoms with E-state index in [1.807, 2.05) is 0 Å². The largest absolute Gasteiger partial charge is 0.440 e. The molecule has 2 heterocycles. The molecule has 0 saturated heterocycles. The molecule has 0 atom stereocenters. The summed E-state index contributed by atoms with van der Waals surface area (Å²) < 4.78 is 70.7. The first kappa shape index (κ1) is 18.1.